The maximum atomic E-state index is 12.0. The third kappa shape index (κ3) is 9.90. The quantitative estimate of drug-likeness (QED) is 0.152. The molecule has 5 rings (SSSR count). The molecular formula is C36H40O7S. The Labute approximate surface area is 262 Å². The van der Waals surface area contributed by atoms with Crippen molar-refractivity contribution in [3.8, 4) is 0 Å². The Kier molecular flexibility index (Phi) is 12.7. The van der Waals surface area contributed by atoms with Crippen LogP contribution in [0.15, 0.2) is 121 Å². The highest BCUT2D eigenvalue weighted by Crippen LogP contribution is 2.31. The van der Waals surface area contributed by atoms with Crippen LogP contribution in [0.2, 0.25) is 0 Å². The molecule has 4 aromatic carbocycles. The summed E-state index contributed by atoms with van der Waals surface area (Å²) in [6.07, 6.45) is -1.23. The summed E-state index contributed by atoms with van der Waals surface area (Å²) in [6.45, 7) is 1.81. The Balaban J connectivity index is 1.42. The zero-order valence-corrected chi connectivity index (χ0v) is 25.8. The van der Waals surface area contributed by atoms with E-state index < -0.39 is 41.6 Å². The molecule has 0 saturated carbocycles. The van der Waals surface area contributed by atoms with Crippen molar-refractivity contribution in [2.45, 2.75) is 56.9 Å². The third-order valence-corrected chi connectivity index (χ3v) is 7.85. The van der Waals surface area contributed by atoms with Gasteiger partial charge in [0.1, 0.15) is 30.5 Å². The summed E-state index contributed by atoms with van der Waals surface area (Å²) < 4.78 is 50.3. The number of benzene rings is 4. The maximum Gasteiger partial charge on any atom is 0.152 e. The van der Waals surface area contributed by atoms with Gasteiger partial charge in [0.25, 0.3) is 0 Å². The summed E-state index contributed by atoms with van der Waals surface area (Å²) in [4.78, 5) is 0. The predicted molar refractivity (Wildman–Crippen MR) is 170 cm³/mol. The highest BCUT2D eigenvalue weighted by molar-refractivity contribution is 7.79. The van der Waals surface area contributed by atoms with Crippen molar-refractivity contribution in [1.29, 1.82) is 0 Å². The first-order valence-electron chi connectivity index (χ1n) is 14.9. The molecule has 0 radical (unpaired) electrons. The van der Waals surface area contributed by atoms with Crippen LogP contribution in [-0.2, 0) is 65.4 Å². The molecule has 0 spiro atoms. The van der Waals surface area contributed by atoms with Gasteiger partial charge < -0.3 is 23.7 Å². The van der Waals surface area contributed by atoms with Crippen LogP contribution < -0.4 is 0 Å². The minimum Gasteiger partial charge on any atom is -0.374 e. The first-order valence-corrected chi connectivity index (χ1v) is 16.3. The summed E-state index contributed by atoms with van der Waals surface area (Å²) >= 11 is -1.48. The van der Waals surface area contributed by atoms with Crippen molar-refractivity contribution < 1.29 is 32.1 Å². The van der Waals surface area contributed by atoms with Gasteiger partial charge in [-0.25, -0.2) is 4.21 Å². The molecule has 0 amide bonds. The smallest absolute Gasteiger partial charge is 0.152 e. The number of hydrogen-bond donors (Lipinski definition) is 0. The van der Waals surface area contributed by atoms with E-state index in [1.807, 2.05) is 121 Å². The molecule has 0 aromatic heterocycles. The number of hydrogen-bond acceptors (Lipinski definition) is 7. The van der Waals surface area contributed by atoms with E-state index in [1.54, 1.807) is 0 Å². The van der Waals surface area contributed by atoms with Crippen LogP contribution in [0.5, 0.6) is 0 Å². The molecule has 1 fully saturated rings. The van der Waals surface area contributed by atoms with Crippen LogP contribution in [0.1, 0.15) is 22.3 Å². The largest absolute Gasteiger partial charge is 0.374 e. The molecule has 1 aliphatic heterocycles. The summed E-state index contributed by atoms with van der Waals surface area (Å²) in [5.74, 6) is 0. The maximum absolute atomic E-state index is 12.0. The van der Waals surface area contributed by atoms with Crippen LogP contribution in [-0.4, -0.2) is 54.2 Å². The van der Waals surface area contributed by atoms with E-state index in [9.17, 15) is 4.21 Å². The van der Waals surface area contributed by atoms with Crippen molar-refractivity contribution in [3.05, 3.63) is 144 Å². The summed E-state index contributed by atoms with van der Waals surface area (Å²) in [7, 11) is 0. The summed E-state index contributed by atoms with van der Waals surface area (Å²) in [5.41, 5.74) is 4.14. The van der Waals surface area contributed by atoms with Crippen molar-refractivity contribution in [2.75, 3.05) is 19.5 Å². The highest BCUT2D eigenvalue weighted by Gasteiger charge is 2.48. The van der Waals surface area contributed by atoms with E-state index in [0.29, 0.717) is 26.4 Å². The third-order valence-electron chi connectivity index (χ3n) is 7.38. The van der Waals surface area contributed by atoms with Crippen LogP contribution in [0.4, 0.5) is 0 Å². The minimum absolute atomic E-state index is 0.0638. The fourth-order valence-electron chi connectivity index (χ4n) is 5.18. The van der Waals surface area contributed by atoms with E-state index in [1.165, 1.54) is 6.26 Å². The minimum atomic E-state index is -1.48. The lowest BCUT2D eigenvalue weighted by atomic mass is 9.94. The fourth-order valence-corrected chi connectivity index (χ4v) is 5.51. The van der Waals surface area contributed by atoms with Crippen molar-refractivity contribution in [3.63, 3.8) is 0 Å². The lowest BCUT2D eigenvalue weighted by Gasteiger charge is -2.46. The van der Waals surface area contributed by atoms with E-state index in [2.05, 4.69) is 0 Å². The molecule has 1 aliphatic rings. The molecule has 7 nitrogen and oxygen atoms in total. The van der Waals surface area contributed by atoms with Crippen molar-refractivity contribution in [1.82, 2.24) is 0 Å². The number of rotatable bonds is 16. The van der Waals surface area contributed by atoms with Crippen LogP contribution in [0.25, 0.3) is 0 Å². The summed E-state index contributed by atoms with van der Waals surface area (Å²) in [6, 6.07) is 40.0. The van der Waals surface area contributed by atoms with Crippen molar-refractivity contribution in [2.24, 2.45) is 0 Å². The molecule has 1 heterocycles. The van der Waals surface area contributed by atoms with Gasteiger partial charge >= 0.3 is 0 Å². The van der Waals surface area contributed by atoms with Gasteiger partial charge in [-0.05, 0) is 22.3 Å². The average Bonchev–Trinajstić information content (AvgIpc) is 3.07. The fraction of sp³-hybridized carbons (Fsp3) is 0.333. The van der Waals surface area contributed by atoms with E-state index in [0.717, 1.165) is 22.3 Å². The lowest BCUT2D eigenvalue weighted by Crippen LogP contribution is -2.62. The zero-order valence-electron chi connectivity index (χ0n) is 24.9. The van der Waals surface area contributed by atoms with Gasteiger partial charge in [-0.2, -0.15) is 0 Å². The Hall–Kier alpha value is -3.21. The molecule has 232 valence electrons. The summed E-state index contributed by atoms with van der Waals surface area (Å²) in [5, 5.41) is 0. The van der Waals surface area contributed by atoms with Gasteiger partial charge in [0.05, 0.1) is 39.6 Å². The van der Waals surface area contributed by atoms with Gasteiger partial charge in [0.2, 0.25) is 0 Å². The zero-order chi connectivity index (χ0) is 30.4. The molecule has 1 saturated heterocycles. The Bertz CT molecular complexity index is 1380. The molecule has 6 atom stereocenters. The van der Waals surface area contributed by atoms with Crippen LogP contribution in [0, 0.1) is 0 Å². The molecule has 8 heteroatoms. The molecule has 4 aromatic rings. The van der Waals surface area contributed by atoms with E-state index in [-0.39, 0.29) is 13.2 Å². The molecular weight excluding hydrogens is 576 g/mol. The second-order valence-electron chi connectivity index (χ2n) is 10.7. The topological polar surface area (TPSA) is 72.5 Å². The van der Waals surface area contributed by atoms with Gasteiger partial charge in [-0.1, -0.05) is 121 Å². The number of ether oxygens (including phenoxy) is 5. The van der Waals surface area contributed by atoms with Crippen LogP contribution in [0.3, 0.4) is 0 Å². The van der Waals surface area contributed by atoms with E-state index >= 15 is 0 Å². The first kappa shape index (κ1) is 32.2. The normalized spacial score (nSPS) is 22.4. The molecule has 0 bridgehead atoms. The van der Waals surface area contributed by atoms with Gasteiger partial charge in [-0.3, -0.25) is 4.18 Å². The predicted octanol–water partition coefficient (Wildman–Crippen LogP) is 6.04. The second kappa shape index (κ2) is 17.3. The molecule has 0 aliphatic carbocycles. The van der Waals surface area contributed by atoms with Crippen LogP contribution >= 0.6 is 0 Å². The average molecular weight is 617 g/mol. The Morgan fingerprint density at radius 2 is 0.886 bits per heavy atom. The molecule has 44 heavy (non-hydrogen) atoms. The van der Waals surface area contributed by atoms with Crippen molar-refractivity contribution >= 4 is 11.1 Å². The monoisotopic (exact) mass is 616 g/mol. The second-order valence-corrected chi connectivity index (χ2v) is 11.7. The van der Waals surface area contributed by atoms with E-state index in [4.69, 9.17) is 27.9 Å². The Morgan fingerprint density at radius 3 is 1.30 bits per heavy atom. The molecule has 4 unspecified atom stereocenters. The highest BCUT2D eigenvalue weighted by atomic mass is 32.2. The standard InChI is InChI=1S/C36H40O7S/c1-44(37)42-27-33-35(40-24-30-18-10-4-11-19-30)36(41-25-31-20-12-5-13-21-31)34(39-23-29-16-8-3-9-17-29)32(43-33)26-38-22-28-14-6-2-7-15-28/h2-21,32-36H,22-27H2,1H3/t32?,33-,34-,35?,36?,44?/m1/s1. The SMILES string of the molecule is CS(=O)OC[C@H]1OC(COCc2ccccc2)[C@@H](OCc2ccccc2)C(OCc2ccccc2)C1OCc1ccccc1. The molecule has 0 N–H and O–H groups in total. The lowest BCUT2D eigenvalue weighted by molar-refractivity contribution is -0.275. The van der Waals surface area contributed by atoms with Gasteiger partial charge in [0, 0.05) is 6.26 Å². The first-order chi connectivity index (χ1) is 21.7. The van der Waals surface area contributed by atoms with Gasteiger partial charge in [0.15, 0.2) is 11.1 Å². The van der Waals surface area contributed by atoms with Gasteiger partial charge in [-0.15, -0.1) is 0 Å². The Morgan fingerprint density at radius 1 is 0.523 bits per heavy atom.